The van der Waals surface area contributed by atoms with Crippen molar-refractivity contribution in [3.05, 3.63) is 0 Å². The maximum absolute atomic E-state index is 10.2. The van der Waals surface area contributed by atoms with E-state index in [-0.39, 0.29) is 0 Å². The van der Waals surface area contributed by atoms with E-state index in [2.05, 4.69) is 5.73 Å². The summed E-state index contributed by atoms with van der Waals surface area (Å²) >= 11 is 0. The Morgan fingerprint density at radius 1 is 1.25 bits per heavy atom. The summed E-state index contributed by atoms with van der Waals surface area (Å²) in [6.07, 6.45) is -3.85. The van der Waals surface area contributed by atoms with Crippen LogP contribution in [0.2, 0.25) is 0 Å². The fourth-order valence-electron chi connectivity index (χ4n) is 0.511. The third-order valence-corrected chi connectivity index (χ3v) is 1.27. The Labute approximate surface area is 67.6 Å². The summed E-state index contributed by atoms with van der Waals surface area (Å²) in [7, 11) is 0. The number of amides is 1. The Balaban J connectivity index is 4.28. The van der Waals surface area contributed by atoms with Crippen LogP contribution in [-0.2, 0) is 9.59 Å². The summed E-state index contributed by atoms with van der Waals surface area (Å²) in [5.74, 6) is -2.75. The number of carboxylic acid groups (broad SMARTS) is 1. The van der Waals surface area contributed by atoms with E-state index in [1.54, 1.807) is 0 Å². The molecule has 0 aliphatic heterocycles. The van der Waals surface area contributed by atoms with Gasteiger partial charge >= 0.3 is 5.97 Å². The van der Waals surface area contributed by atoms with Crippen LogP contribution in [0, 0.1) is 0 Å². The van der Waals surface area contributed by atoms with Gasteiger partial charge < -0.3 is 26.8 Å². The van der Waals surface area contributed by atoms with E-state index in [1.165, 1.54) is 0 Å². The molecule has 3 atom stereocenters. The molecule has 7 N–H and O–H groups in total. The normalized spacial score (nSPS) is 17.9. The Bertz CT molecular complexity index is 174. The Hall–Kier alpha value is -1.18. The number of hydrogen-bond acceptors (Lipinski definition) is 5. The fourth-order valence-corrected chi connectivity index (χ4v) is 0.511. The van der Waals surface area contributed by atoms with E-state index in [0.29, 0.717) is 0 Å². The van der Waals surface area contributed by atoms with Gasteiger partial charge in [0.2, 0.25) is 5.91 Å². The molecule has 0 saturated carbocycles. The molecule has 7 heteroatoms. The zero-order valence-corrected chi connectivity index (χ0v) is 6.04. The van der Waals surface area contributed by atoms with Crippen molar-refractivity contribution >= 4 is 11.9 Å². The van der Waals surface area contributed by atoms with E-state index >= 15 is 0 Å². The largest absolute Gasteiger partial charge is 0.480 e. The number of carbonyl (C=O) groups is 2. The summed E-state index contributed by atoms with van der Waals surface area (Å²) in [5, 5.41) is 25.9. The summed E-state index contributed by atoms with van der Waals surface area (Å²) in [4.78, 5) is 20.4. The van der Waals surface area contributed by atoms with Crippen LogP contribution in [0.3, 0.4) is 0 Å². The second-order valence-electron chi connectivity index (χ2n) is 2.20. The highest BCUT2D eigenvalue weighted by Crippen LogP contribution is 1.97. The third kappa shape index (κ3) is 2.46. The van der Waals surface area contributed by atoms with Crippen LogP contribution in [0.15, 0.2) is 0 Å². The molecule has 0 fully saturated rings. The number of rotatable bonds is 4. The van der Waals surface area contributed by atoms with Crippen LogP contribution in [-0.4, -0.2) is 45.4 Å². The van der Waals surface area contributed by atoms with E-state index in [9.17, 15) is 9.59 Å². The lowest BCUT2D eigenvalue weighted by Crippen LogP contribution is -2.52. The molecule has 70 valence electrons. The van der Waals surface area contributed by atoms with Crippen molar-refractivity contribution in [1.29, 1.82) is 0 Å². The lowest BCUT2D eigenvalue weighted by molar-refractivity contribution is -0.146. The Morgan fingerprint density at radius 2 is 1.67 bits per heavy atom. The number of carbonyl (C=O) groups excluding carboxylic acids is 1. The molecule has 1 amide bonds. The number of aliphatic hydroxyl groups is 2. The third-order valence-electron chi connectivity index (χ3n) is 1.27. The highest BCUT2D eigenvalue weighted by molar-refractivity contribution is 5.81. The maximum Gasteiger partial charge on any atom is 0.323 e. The number of hydrogen-bond donors (Lipinski definition) is 5. The molecule has 0 bridgehead atoms. The van der Waals surface area contributed by atoms with Crippen LogP contribution in [0.1, 0.15) is 0 Å². The predicted octanol–water partition coefficient (Wildman–Crippen LogP) is -3.39. The van der Waals surface area contributed by atoms with Gasteiger partial charge in [0.15, 0.2) is 6.10 Å². The van der Waals surface area contributed by atoms with Crippen LogP contribution in [0.25, 0.3) is 0 Å². The van der Waals surface area contributed by atoms with E-state index in [1.807, 2.05) is 0 Å². The maximum atomic E-state index is 10.2. The molecule has 7 nitrogen and oxygen atoms in total. The van der Waals surface area contributed by atoms with Gasteiger partial charge in [-0.2, -0.15) is 0 Å². The first-order chi connectivity index (χ1) is 5.37. The van der Waals surface area contributed by atoms with Gasteiger partial charge in [-0.05, 0) is 0 Å². The van der Waals surface area contributed by atoms with Crippen molar-refractivity contribution in [3.63, 3.8) is 0 Å². The lowest BCUT2D eigenvalue weighted by Gasteiger charge is -2.17. The standard InChI is InChI=1S/C5H10N2O5/c6-1(5(11)12)2(8)3(9)4(7)10/h1-3,8-9H,6H2,(H2,7,10)(H,11,12)/t1-,2+,3-/m0/s1. The van der Waals surface area contributed by atoms with E-state index < -0.39 is 30.1 Å². The molecule has 0 aromatic carbocycles. The highest BCUT2D eigenvalue weighted by Gasteiger charge is 2.31. The molecule has 0 radical (unpaired) electrons. The number of nitrogens with two attached hydrogens (primary N) is 2. The van der Waals surface area contributed by atoms with Gasteiger partial charge in [-0.1, -0.05) is 0 Å². The zero-order valence-electron chi connectivity index (χ0n) is 6.04. The summed E-state index contributed by atoms with van der Waals surface area (Å²) in [5.41, 5.74) is 9.46. The van der Waals surface area contributed by atoms with Crippen molar-refractivity contribution in [3.8, 4) is 0 Å². The topological polar surface area (TPSA) is 147 Å². The minimum absolute atomic E-state index is 1.22. The summed E-state index contributed by atoms with van der Waals surface area (Å²) in [6.45, 7) is 0. The van der Waals surface area contributed by atoms with Crippen LogP contribution >= 0.6 is 0 Å². The minimum Gasteiger partial charge on any atom is -0.480 e. The zero-order chi connectivity index (χ0) is 9.89. The van der Waals surface area contributed by atoms with E-state index in [4.69, 9.17) is 21.1 Å². The first-order valence-electron chi connectivity index (χ1n) is 3.01. The van der Waals surface area contributed by atoms with Crippen molar-refractivity contribution in [2.45, 2.75) is 18.2 Å². The smallest absolute Gasteiger partial charge is 0.323 e. The predicted molar refractivity (Wildman–Crippen MR) is 36.8 cm³/mol. The van der Waals surface area contributed by atoms with Gasteiger partial charge in [-0.3, -0.25) is 9.59 Å². The second-order valence-corrected chi connectivity index (χ2v) is 2.20. The summed E-state index contributed by atoms with van der Waals surface area (Å²) < 4.78 is 0. The quantitative estimate of drug-likeness (QED) is 0.303. The van der Waals surface area contributed by atoms with E-state index in [0.717, 1.165) is 0 Å². The van der Waals surface area contributed by atoms with Gasteiger partial charge in [0.25, 0.3) is 0 Å². The van der Waals surface area contributed by atoms with Crippen LogP contribution in [0.4, 0.5) is 0 Å². The molecule has 0 saturated heterocycles. The summed E-state index contributed by atoms with van der Waals surface area (Å²) in [6, 6.07) is -1.73. The van der Waals surface area contributed by atoms with Gasteiger partial charge in [0.05, 0.1) is 0 Å². The number of carboxylic acids is 1. The van der Waals surface area contributed by atoms with Crippen molar-refractivity contribution in [2.24, 2.45) is 11.5 Å². The SMILES string of the molecule is NC(=O)[C@@H](O)[C@H](O)[C@H](N)C(=O)O. The molecule has 0 spiro atoms. The van der Waals surface area contributed by atoms with Gasteiger partial charge in [-0.15, -0.1) is 0 Å². The molecule has 0 unspecified atom stereocenters. The van der Waals surface area contributed by atoms with Crippen LogP contribution in [0.5, 0.6) is 0 Å². The van der Waals surface area contributed by atoms with Gasteiger partial charge in [0.1, 0.15) is 12.1 Å². The minimum atomic E-state index is -1.96. The van der Waals surface area contributed by atoms with Gasteiger partial charge in [0, 0.05) is 0 Å². The molecule has 0 aliphatic rings. The average Bonchev–Trinajstić information content (AvgIpc) is 2.00. The first-order valence-corrected chi connectivity index (χ1v) is 3.01. The molecule has 0 aromatic heterocycles. The molecule has 0 heterocycles. The molecular formula is C5H10N2O5. The molecule has 12 heavy (non-hydrogen) atoms. The molecule has 0 rings (SSSR count). The molecule has 0 aromatic rings. The monoisotopic (exact) mass is 178 g/mol. The van der Waals surface area contributed by atoms with Crippen molar-refractivity contribution in [1.82, 2.24) is 0 Å². The number of aliphatic carboxylic acids is 1. The molecular weight excluding hydrogens is 168 g/mol. The Morgan fingerprint density at radius 3 is 1.92 bits per heavy atom. The highest BCUT2D eigenvalue weighted by atomic mass is 16.4. The van der Waals surface area contributed by atoms with Crippen LogP contribution < -0.4 is 11.5 Å². The fraction of sp³-hybridized carbons (Fsp3) is 0.600. The van der Waals surface area contributed by atoms with Crippen molar-refractivity contribution < 1.29 is 24.9 Å². The molecule has 0 aliphatic carbocycles. The number of primary amides is 1. The lowest BCUT2D eigenvalue weighted by atomic mass is 10.1. The first kappa shape index (κ1) is 10.8. The average molecular weight is 178 g/mol. The van der Waals surface area contributed by atoms with Gasteiger partial charge in [-0.25, -0.2) is 0 Å². The number of aliphatic hydroxyl groups excluding tert-OH is 2. The Kier molecular flexibility index (Phi) is 3.61. The van der Waals surface area contributed by atoms with Crippen molar-refractivity contribution in [2.75, 3.05) is 0 Å². The second kappa shape index (κ2) is 4.00.